The van der Waals surface area contributed by atoms with Gasteiger partial charge in [-0.05, 0) is 55.9 Å². The van der Waals surface area contributed by atoms with Gasteiger partial charge in [-0.15, -0.1) is 0 Å². The van der Waals surface area contributed by atoms with Crippen LogP contribution in [0.2, 0.25) is 0 Å². The predicted molar refractivity (Wildman–Crippen MR) is 94.3 cm³/mol. The van der Waals surface area contributed by atoms with Crippen LogP contribution in [0.15, 0.2) is 24.3 Å². The van der Waals surface area contributed by atoms with Crippen molar-refractivity contribution in [3.63, 3.8) is 0 Å². The molecular formula is C18H22N4O5. The number of urea groups is 1. The number of rotatable bonds is 5. The second-order valence-corrected chi connectivity index (χ2v) is 7.05. The van der Waals surface area contributed by atoms with Gasteiger partial charge in [0.15, 0.2) is 6.61 Å². The Balaban J connectivity index is 1.55. The first-order chi connectivity index (χ1) is 12.8. The van der Waals surface area contributed by atoms with E-state index in [1.54, 1.807) is 0 Å². The summed E-state index contributed by atoms with van der Waals surface area (Å²) in [6, 6.07) is 5.31. The van der Waals surface area contributed by atoms with E-state index >= 15 is 0 Å². The van der Waals surface area contributed by atoms with Crippen LogP contribution >= 0.6 is 0 Å². The summed E-state index contributed by atoms with van der Waals surface area (Å²) in [6.45, 7) is 1.72. The van der Waals surface area contributed by atoms with E-state index in [2.05, 4.69) is 17.7 Å². The van der Waals surface area contributed by atoms with Gasteiger partial charge in [0.05, 0.1) is 0 Å². The third-order valence-electron chi connectivity index (χ3n) is 5.03. The standard InChI is InChI=1S/C18H22N4O5/c1-11-6-8-18(9-7-11)16(25)22(17(26)20-18)21-14(23)10-27-13-4-2-12(3-5-13)15(19)24/h2-5,11H,6-10H2,1H3,(H2,19,24)(H,20,26)(H,21,23). The molecule has 4 N–H and O–H groups in total. The van der Waals surface area contributed by atoms with Gasteiger partial charge >= 0.3 is 6.03 Å². The third kappa shape index (κ3) is 3.86. The molecule has 3 rings (SSSR count). The summed E-state index contributed by atoms with van der Waals surface area (Å²) in [5, 5.41) is 3.46. The molecule has 1 aromatic rings. The minimum atomic E-state index is -0.914. The molecule has 27 heavy (non-hydrogen) atoms. The van der Waals surface area contributed by atoms with Crippen molar-refractivity contribution in [3.05, 3.63) is 29.8 Å². The van der Waals surface area contributed by atoms with E-state index < -0.39 is 35.9 Å². The number of amides is 5. The fourth-order valence-corrected chi connectivity index (χ4v) is 3.34. The molecule has 0 bridgehead atoms. The molecule has 1 aromatic carbocycles. The summed E-state index contributed by atoms with van der Waals surface area (Å²) in [4.78, 5) is 47.9. The number of carbonyl (C=O) groups excluding carboxylic acids is 4. The van der Waals surface area contributed by atoms with Crippen molar-refractivity contribution < 1.29 is 23.9 Å². The van der Waals surface area contributed by atoms with E-state index in [0.717, 1.165) is 17.9 Å². The van der Waals surface area contributed by atoms with Gasteiger partial charge in [-0.1, -0.05) is 6.92 Å². The zero-order valence-corrected chi connectivity index (χ0v) is 15.0. The largest absolute Gasteiger partial charge is 0.484 e. The summed E-state index contributed by atoms with van der Waals surface area (Å²) < 4.78 is 5.30. The molecule has 1 aliphatic carbocycles. The molecule has 1 spiro atoms. The molecule has 1 heterocycles. The molecule has 0 radical (unpaired) electrons. The summed E-state index contributed by atoms with van der Waals surface area (Å²) in [5.41, 5.74) is 6.85. The SMILES string of the molecule is CC1CCC2(CC1)NC(=O)N(NC(=O)COc1ccc(C(N)=O)cc1)C2=O. The summed E-state index contributed by atoms with van der Waals surface area (Å²) in [6.07, 6.45) is 2.82. The third-order valence-corrected chi connectivity index (χ3v) is 5.03. The van der Waals surface area contributed by atoms with Crippen LogP contribution in [-0.2, 0) is 9.59 Å². The highest BCUT2D eigenvalue weighted by Gasteiger charge is 2.52. The van der Waals surface area contributed by atoms with E-state index in [1.807, 2.05) is 0 Å². The normalized spacial score (nSPS) is 24.6. The number of nitrogens with two attached hydrogens (primary N) is 1. The zero-order valence-electron chi connectivity index (χ0n) is 15.0. The number of hydrazine groups is 1. The molecule has 9 nitrogen and oxygen atoms in total. The van der Waals surface area contributed by atoms with Gasteiger partial charge in [0, 0.05) is 5.56 Å². The molecule has 9 heteroatoms. The van der Waals surface area contributed by atoms with Gasteiger partial charge in [-0.2, -0.15) is 5.01 Å². The Morgan fingerprint density at radius 3 is 2.48 bits per heavy atom. The highest BCUT2D eigenvalue weighted by atomic mass is 16.5. The lowest BCUT2D eigenvalue weighted by molar-refractivity contribution is -0.140. The first-order valence-corrected chi connectivity index (χ1v) is 8.79. The molecular weight excluding hydrogens is 352 g/mol. The van der Waals surface area contributed by atoms with Gasteiger partial charge in [0.25, 0.3) is 11.8 Å². The van der Waals surface area contributed by atoms with Crippen molar-refractivity contribution in [2.24, 2.45) is 11.7 Å². The zero-order chi connectivity index (χ0) is 19.6. The van der Waals surface area contributed by atoms with Crippen LogP contribution in [0, 0.1) is 5.92 Å². The quantitative estimate of drug-likeness (QED) is 0.653. The van der Waals surface area contributed by atoms with Crippen LogP contribution in [-0.4, -0.2) is 40.9 Å². The van der Waals surface area contributed by atoms with Gasteiger partial charge in [0.1, 0.15) is 11.3 Å². The fraction of sp³-hybridized carbons (Fsp3) is 0.444. The smallest absolute Gasteiger partial charge is 0.344 e. The van der Waals surface area contributed by atoms with Crippen LogP contribution < -0.4 is 21.2 Å². The van der Waals surface area contributed by atoms with Crippen LogP contribution in [0.1, 0.15) is 43.0 Å². The maximum atomic E-state index is 12.7. The second-order valence-electron chi connectivity index (χ2n) is 7.05. The molecule has 1 aliphatic heterocycles. The number of nitrogens with one attached hydrogen (secondary N) is 2. The molecule has 0 unspecified atom stereocenters. The number of hydrogen-bond acceptors (Lipinski definition) is 5. The van der Waals surface area contributed by atoms with Crippen molar-refractivity contribution in [2.75, 3.05) is 6.61 Å². The van der Waals surface area contributed by atoms with E-state index in [0.29, 0.717) is 30.1 Å². The second kappa shape index (κ2) is 7.26. The van der Waals surface area contributed by atoms with Gasteiger partial charge in [-0.25, -0.2) is 4.79 Å². The average molecular weight is 374 g/mol. The number of imide groups is 1. The van der Waals surface area contributed by atoms with Crippen LogP contribution in [0.3, 0.4) is 0 Å². The van der Waals surface area contributed by atoms with Crippen LogP contribution in [0.25, 0.3) is 0 Å². The maximum absolute atomic E-state index is 12.7. The molecule has 2 fully saturated rings. The maximum Gasteiger partial charge on any atom is 0.344 e. The molecule has 5 amide bonds. The van der Waals surface area contributed by atoms with Gasteiger partial charge in [0.2, 0.25) is 5.91 Å². The van der Waals surface area contributed by atoms with Crippen molar-refractivity contribution >= 4 is 23.8 Å². The number of benzene rings is 1. The Morgan fingerprint density at radius 2 is 1.89 bits per heavy atom. The van der Waals surface area contributed by atoms with E-state index in [-0.39, 0.29) is 0 Å². The van der Waals surface area contributed by atoms with Crippen molar-refractivity contribution in [3.8, 4) is 5.75 Å². The minimum Gasteiger partial charge on any atom is -0.484 e. The van der Waals surface area contributed by atoms with E-state index in [4.69, 9.17) is 10.5 Å². The lowest BCUT2D eigenvalue weighted by Crippen LogP contribution is -2.52. The number of hydrogen-bond donors (Lipinski definition) is 3. The Hall–Kier alpha value is -3.10. The number of carbonyl (C=O) groups is 4. The number of nitrogens with zero attached hydrogens (tertiary/aromatic N) is 1. The molecule has 1 saturated carbocycles. The van der Waals surface area contributed by atoms with Gasteiger partial charge in [-0.3, -0.25) is 19.8 Å². The monoisotopic (exact) mass is 374 g/mol. The highest BCUT2D eigenvalue weighted by molar-refractivity contribution is 6.08. The Bertz CT molecular complexity index is 768. The number of primary amides is 1. The van der Waals surface area contributed by atoms with Crippen molar-refractivity contribution in [1.29, 1.82) is 0 Å². The summed E-state index contributed by atoms with van der Waals surface area (Å²) in [5.74, 6) is -0.774. The average Bonchev–Trinajstić information content (AvgIpc) is 2.87. The Morgan fingerprint density at radius 1 is 1.26 bits per heavy atom. The first kappa shape index (κ1) is 18.7. The first-order valence-electron chi connectivity index (χ1n) is 8.79. The summed E-state index contributed by atoms with van der Waals surface area (Å²) in [7, 11) is 0. The van der Waals surface area contributed by atoms with Crippen LogP contribution in [0.4, 0.5) is 4.79 Å². The van der Waals surface area contributed by atoms with Crippen molar-refractivity contribution in [1.82, 2.24) is 15.8 Å². The molecule has 1 saturated heterocycles. The topological polar surface area (TPSA) is 131 Å². The lowest BCUT2D eigenvalue weighted by Gasteiger charge is -2.33. The fourth-order valence-electron chi connectivity index (χ4n) is 3.34. The highest BCUT2D eigenvalue weighted by Crippen LogP contribution is 2.35. The van der Waals surface area contributed by atoms with Crippen molar-refractivity contribution in [2.45, 2.75) is 38.1 Å². The Kier molecular flexibility index (Phi) is 5.02. The lowest BCUT2D eigenvalue weighted by atomic mass is 9.77. The van der Waals surface area contributed by atoms with Crippen LogP contribution in [0.5, 0.6) is 5.75 Å². The van der Waals surface area contributed by atoms with Gasteiger partial charge < -0.3 is 15.8 Å². The molecule has 0 atom stereocenters. The Labute approximate surface area is 156 Å². The minimum absolute atomic E-state index is 0.318. The molecule has 144 valence electrons. The molecule has 2 aliphatic rings. The predicted octanol–water partition coefficient (Wildman–Crippen LogP) is 0.696. The number of ether oxygens (including phenoxy) is 1. The van der Waals surface area contributed by atoms with E-state index in [1.165, 1.54) is 24.3 Å². The molecule has 0 aromatic heterocycles. The summed E-state index contributed by atoms with van der Waals surface area (Å²) >= 11 is 0. The van der Waals surface area contributed by atoms with E-state index in [9.17, 15) is 19.2 Å².